The van der Waals surface area contributed by atoms with Crippen molar-refractivity contribution in [2.75, 3.05) is 6.61 Å². The molecule has 0 aliphatic carbocycles. The molecule has 5 nitrogen and oxygen atoms in total. The molecule has 1 heterocycles. The van der Waals surface area contributed by atoms with Gasteiger partial charge in [-0.1, -0.05) is 12.1 Å². The number of aliphatic hydroxyl groups is 1. The molecule has 0 amide bonds. The van der Waals surface area contributed by atoms with Crippen LogP contribution in [0, 0.1) is 13.8 Å². The Hall–Kier alpha value is -2.95. The van der Waals surface area contributed by atoms with E-state index >= 15 is 0 Å². The van der Waals surface area contributed by atoms with Crippen LogP contribution in [-0.2, 0) is 9.53 Å². The molecule has 25 heavy (non-hydrogen) atoms. The molecule has 2 aromatic rings. The summed E-state index contributed by atoms with van der Waals surface area (Å²) >= 11 is 0. The largest absolute Gasteiger partial charge is 0.512 e. The third-order valence-corrected chi connectivity index (χ3v) is 3.69. The summed E-state index contributed by atoms with van der Waals surface area (Å²) in [6, 6.07) is 7.68. The van der Waals surface area contributed by atoms with Crippen molar-refractivity contribution in [3.05, 3.63) is 59.1 Å². The van der Waals surface area contributed by atoms with E-state index in [1.54, 1.807) is 6.92 Å². The van der Waals surface area contributed by atoms with Gasteiger partial charge >= 0.3 is 5.97 Å². The van der Waals surface area contributed by atoms with Gasteiger partial charge in [0.1, 0.15) is 11.3 Å². The highest BCUT2D eigenvalue weighted by Crippen LogP contribution is 2.29. The van der Waals surface area contributed by atoms with Crippen LogP contribution in [0.25, 0.3) is 11.1 Å². The predicted molar refractivity (Wildman–Crippen MR) is 99.3 cm³/mol. The van der Waals surface area contributed by atoms with Crippen LogP contribution in [-0.4, -0.2) is 28.9 Å². The maximum Gasteiger partial charge on any atom is 0.343 e. The number of hydrogen-bond acceptors (Lipinski definition) is 5. The predicted octanol–water partition coefficient (Wildman–Crippen LogP) is 4.46. The van der Waals surface area contributed by atoms with Crippen LogP contribution in [0.3, 0.4) is 0 Å². The Balaban J connectivity index is 2.36. The first-order valence-electron chi connectivity index (χ1n) is 8.06. The summed E-state index contributed by atoms with van der Waals surface area (Å²) in [7, 11) is 0. The number of ether oxygens (including phenoxy) is 1. The molecule has 0 unspecified atom stereocenters. The first-order valence-corrected chi connectivity index (χ1v) is 8.06. The zero-order valence-corrected chi connectivity index (χ0v) is 14.9. The number of pyridine rings is 1. The molecule has 0 bridgehead atoms. The van der Waals surface area contributed by atoms with Crippen molar-refractivity contribution in [2.45, 2.75) is 27.7 Å². The Kier molecular flexibility index (Phi) is 6.06. The lowest BCUT2D eigenvalue weighted by Crippen LogP contribution is -2.10. The quantitative estimate of drug-likeness (QED) is 0.378. The highest BCUT2D eigenvalue weighted by atomic mass is 16.5. The molecular formula is C20H22N2O3. The van der Waals surface area contributed by atoms with Crippen LogP contribution in [0.15, 0.2) is 53.0 Å². The van der Waals surface area contributed by atoms with Gasteiger partial charge in [0, 0.05) is 18.6 Å². The van der Waals surface area contributed by atoms with Gasteiger partial charge in [0.2, 0.25) is 0 Å². The summed E-state index contributed by atoms with van der Waals surface area (Å²) in [5, 5.41) is 9.67. The highest BCUT2D eigenvalue weighted by Gasteiger charge is 2.12. The molecule has 2 rings (SSSR count). The molecule has 0 fully saturated rings. The molecule has 5 heteroatoms. The Morgan fingerprint density at radius 2 is 1.96 bits per heavy atom. The lowest BCUT2D eigenvalue weighted by Gasteiger charge is -2.09. The van der Waals surface area contributed by atoms with Gasteiger partial charge in [-0.05, 0) is 62.1 Å². The van der Waals surface area contributed by atoms with Gasteiger partial charge in [-0.3, -0.25) is 9.98 Å². The number of benzene rings is 1. The van der Waals surface area contributed by atoms with Crippen molar-refractivity contribution < 1.29 is 14.6 Å². The first-order chi connectivity index (χ1) is 11.9. The summed E-state index contributed by atoms with van der Waals surface area (Å²) in [5.41, 5.74) is 5.03. The monoisotopic (exact) mass is 338 g/mol. The summed E-state index contributed by atoms with van der Waals surface area (Å²) < 4.78 is 4.92. The number of hydrogen-bond donors (Lipinski definition) is 1. The molecule has 0 atom stereocenters. The third kappa shape index (κ3) is 4.53. The van der Waals surface area contributed by atoms with Gasteiger partial charge in [0.15, 0.2) is 0 Å². The number of aliphatic hydroxyl groups excluding tert-OH is 1. The van der Waals surface area contributed by atoms with Gasteiger partial charge < -0.3 is 9.84 Å². The summed E-state index contributed by atoms with van der Waals surface area (Å²) in [5.74, 6) is -0.720. The Bertz CT molecular complexity index is 814. The van der Waals surface area contributed by atoms with Crippen molar-refractivity contribution in [2.24, 2.45) is 4.99 Å². The van der Waals surface area contributed by atoms with E-state index in [4.69, 9.17) is 4.74 Å². The number of nitrogens with zero attached hydrogens (tertiary/aromatic N) is 2. The first kappa shape index (κ1) is 18.4. The number of carbonyl (C=O) groups is 1. The Morgan fingerprint density at radius 3 is 2.56 bits per heavy atom. The standard InChI is InChI=1S/C20H22N2O3/c1-5-25-20(24)18(15(4)23)12-22-17-8-6-7-16(9-17)19-13(2)10-21-11-14(19)3/h6-12,23H,5H2,1-4H3. The molecule has 0 aliphatic heterocycles. The summed E-state index contributed by atoms with van der Waals surface area (Å²) in [6.45, 7) is 7.41. The average molecular weight is 338 g/mol. The van der Waals surface area contributed by atoms with Gasteiger partial charge in [-0.15, -0.1) is 0 Å². The lowest BCUT2D eigenvalue weighted by atomic mass is 9.98. The minimum Gasteiger partial charge on any atom is -0.512 e. The Morgan fingerprint density at radius 1 is 1.28 bits per heavy atom. The van der Waals surface area contributed by atoms with E-state index < -0.39 is 5.97 Å². The zero-order chi connectivity index (χ0) is 18.4. The fourth-order valence-electron chi connectivity index (χ4n) is 2.54. The molecule has 0 radical (unpaired) electrons. The SMILES string of the molecule is CCOC(=O)C(C=Nc1cccc(-c2c(C)cncc2C)c1)=C(C)O. The topological polar surface area (TPSA) is 71.8 Å². The molecule has 0 saturated carbocycles. The second-order valence-electron chi connectivity index (χ2n) is 5.68. The molecule has 1 aromatic heterocycles. The number of allylic oxidation sites excluding steroid dienone is 1. The number of aliphatic imine (C=N–C) groups is 1. The third-order valence-electron chi connectivity index (χ3n) is 3.69. The van der Waals surface area contributed by atoms with Crippen LogP contribution < -0.4 is 0 Å². The summed E-state index contributed by atoms with van der Waals surface area (Å²) in [6.07, 6.45) is 4.99. The van der Waals surface area contributed by atoms with E-state index in [1.165, 1.54) is 13.1 Å². The van der Waals surface area contributed by atoms with Gasteiger partial charge in [0.25, 0.3) is 0 Å². The molecule has 130 valence electrons. The smallest absolute Gasteiger partial charge is 0.343 e. The minimum absolute atomic E-state index is 0.0449. The average Bonchev–Trinajstić information content (AvgIpc) is 2.55. The highest BCUT2D eigenvalue weighted by molar-refractivity contribution is 6.10. The van der Waals surface area contributed by atoms with Crippen molar-refractivity contribution in [3.63, 3.8) is 0 Å². The molecule has 0 spiro atoms. The molecule has 1 aromatic carbocycles. The van der Waals surface area contributed by atoms with Crippen LogP contribution in [0.4, 0.5) is 5.69 Å². The number of esters is 1. The maximum absolute atomic E-state index is 11.8. The van der Waals surface area contributed by atoms with E-state index in [2.05, 4.69) is 9.98 Å². The lowest BCUT2D eigenvalue weighted by molar-refractivity contribution is -0.138. The van der Waals surface area contributed by atoms with E-state index in [1.807, 2.05) is 50.5 Å². The van der Waals surface area contributed by atoms with E-state index in [9.17, 15) is 9.90 Å². The van der Waals surface area contributed by atoms with Crippen LogP contribution >= 0.6 is 0 Å². The van der Waals surface area contributed by atoms with Crippen molar-refractivity contribution in [1.82, 2.24) is 4.98 Å². The van der Waals surface area contributed by atoms with Gasteiger partial charge in [-0.25, -0.2) is 4.79 Å². The van der Waals surface area contributed by atoms with E-state index in [0.717, 1.165) is 22.3 Å². The number of aryl methyl sites for hydroxylation is 2. The molecule has 0 saturated heterocycles. The Labute approximate surface area is 147 Å². The van der Waals surface area contributed by atoms with Gasteiger partial charge in [-0.2, -0.15) is 0 Å². The maximum atomic E-state index is 11.8. The van der Waals surface area contributed by atoms with E-state index in [0.29, 0.717) is 5.69 Å². The molecule has 1 N–H and O–H groups in total. The van der Waals surface area contributed by atoms with Gasteiger partial charge in [0.05, 0.1) is 12.3 Å². The fraction of sp³-hybridized carbons (Fsp3) is 0.250. The number of rotatable bonds is 5. The second kappa shape index (κ2) is 8.24. The van der Waals surface area contributed by atoms with Crippen LogP contribution in [0.5, 0.6) is 0 Å². The van der Waals surface area contributed by atoms with Crippen LogP contribution in [0.2, 0.25) is 0 Å². The molecule has 0 aliphatic rings. The minimum atomic E-state index is -0.594. The molecular weight excluding hydrogens is 316 g/mol. The summed E-state index contributed by atoms with van der Waals surface area (Å²) in [4.78, 5) is 20.4. The number of carbonyl (C=O) groups excluding carboxylic acids is 1. The normalized spacial score (nSPS) is 12.2. The van der Waals surface area contributed by atoms with Crippen LogP contribution in [0.1, 0.15) is 25.0 Å². The van der Waals surface area contributed by atoms with E-state index in [-0.39, 0.29) is 17.9 Å². The second-order valence-corrected chi connectivity index (χ2v) is 5.68. The fourth-order valence-corrected chi connectivity index (χ4v) is 2.54. The zero-order valence-electron chi connectivity index (χ0n) is 14.9. The number of aromatic nitrogens is 1. The van der Waals surface area contributed by atoms with Crippen molar-refractivity contribution in [1.29, 1.82) is 0 Å². The van der Waals surface area contributed by atoms with Crippen molar-refractivity contribution in [3.8, 4) is 11.1 Å². The van der Waals surface area contributed by atoms with Crippen molar-refractivity contribution >= 4 is 17.9 Å².